The van der Waals surface area contributed by atoms with Gasteiger partial charge in [-0.1, -0.05) is 39.0 Å². The Morgan fingerprint density at radius 1 is 0.929 bits per heavy atom. The molecule has 11 heteroatoms. The molecule has 3 heterocycles. The Balaban J connectivity index is 1.68. The summed E-state index contributed by atoms with van der Waals surface area (Å²) in [5.41, 5.74) is 4.67. The normalized spacial score (nSPS) is 28.3. The summed E-state index contributed by atoms with van der Waals surface area (Å²) >= 11 is 0. The third kappa shape index (κ3) is 7.14. The lowest BCUT2D eigenvalue weighted by Crippen LogP contribution is -2.62. The molecule has 0 aliphatic carbocycles. The first-order chi connectivity index (χ1) is 20.0. The Morgan fingerprint density at radius 3 is 2.38 bits per heavy atom. The number of aromatic nitrogens is 1. The van der Waals surface area contributed by atoms with Gasteiger partial charge in [0.05, 0.1) is 23.8 Å². The molecule has 4 amide bonds. The van der Waals surface area contributed by atoms with Crippen molar-refractivity contribution in [2.45, 2.75) is 77.7 Å². The highest BCUT2D eigenvalue weighted by Gasteiger charge is 2.34. The van der Waals surface area contributed by atoms with E-state index in [2.05, 4.69) is 26.4 Å². The number of hydrogen-bond acceptors (Lipinski definition) is 7. The summed E-state index contributed by atoms with van der Waals surface area (Å²) in [5.74, 6) is -2.22. The van der Waals surface area contributed by atoms with Crippen LogP contribution in [0.4, 0.5) is 0 Å². The summed E-state index contributed by atoms with van der Waals surface area (Å²) in [4.78, 5) is 57.5. The summed E-state index contributed by atoms with van der Waals surface area (Å²) in [7, 11) is 1.53. The molecule has 6 unspecified atom stereocenters. The predicted octanol–water partition coefficient (Wildman–Crippen LogP) is 2.23. The summed E-state index contributed by atoms with van der Waals surface area (Å²) in [5, 5.41) is 12.0. The van der Waals surface area contributed by atoms with Crippen LogP contribution in [0, 0.1) is 11.8 Å². The van der Waals surface area contributed by atoms with E-state index in [1.54, 1.807) is 26.1 Å². The fourth-order valence-corrected chi connectivity index (χ4v) is 5.28. The van der Waals surface area contributed by atoms with Crippen molar-refractivity contribution < 1.29 is 23.9 Å². The molecule has 0 saturated carbocycles. The third-order valence-electron chi connectivity index (χ3n) is 8.01. The van der Waals surface area contributed by atoms with Gasteiger partial charge < -0.3 is 20.7 Å². The van der Waals surface area contributed by atoms with Crippen LogP contribution in [0.2, 0.25) is 0 Å². The molecule has 1 fully saturated rings. The molecule has 226 valence electrons. The number of rotatable bonds is 2. The van der Waals surface area contributed by atoms with E-state index in [1.807, 2.05) is 51.1 Å². The van der Waals surface area contributed by atoms with Gasteiger partial charge >= 0.3 is 0 Å². The molecule has 0 spiro atoms. The van der Waals surface area contributed by atoms with Gasteiger partial charge in [0, 0.05) is 25.2 Å². The molecule has 4 N–H and O–H groups in total. The highest BCUT2D eigenvalue weighted by atomic mass is 16.5. The number of carbonyl (C=O) groups is 4. The topological polar surface area (TPSA) is 142 Å². The smallest absolute Gasteiger partial charge is 0.258 e. The minimum Gasteiger partial charge on any atom is -0.377 e. The molecule has 1 aromatic carbocycles. The van der Waals surface area contributed by atoms with Crippen LogP contribution in [0.1, 0.15) is 64.8 Å². The highest BCUT2D eigenvalue weighted by Crippen LogP contribution is 2.22. The number of pyridine rings is 1. The van der Waals surface area contributed by atoms with Crippen LogP contribution in [-0.2, 0) is 23.9 Å². The molecule has 11 nitrogen and oxygen atoms in total. The van der Waals surface area contributed by atoms with E-state index in [9.17, 15) is 19.2 Å². The first-order valence-electron chi connectivity index (χ1n) is 14.6. The van der Waals surface area contributed by atoms with Crippen molar-refractivity contribution in [1.29, 1.82) is 0 Å². The Bertz CT molecular complexity index is 1360. The van der Waals surface area contributed by atoms with E-state index in [0.29, 0.717) is 25.1 Å². The first kappa shape index (κ1) is 31.1. The Hall–Kier alpha value is -3.83. The maximum Gasteiger partial charge on any atom is 0.258 e. The van der Waals surface area contributed by atoms with Crippen LogP contribution in [0.3, 0.4) is 0 Å². The first-order valence-corrected chi connectivity index (χ1v) is 14.6. The van der Waals surface area contributed by atoms with Crippen LogP contribution in [-0.4, -0.2) is 71.5 Å². The number of hydrogen-bond donors (Lipinski definition) is 4. The fraction of sp³-hybridized carbons (Fsp3) is 0.516. The van der Waals surface area contributed by atoms with E-state index in [-0.39, 0.29) is 29.7 Å². The van der Waals surface area contributed by atoms with Crippen molar-refractivity contribution in [1.82, 2.24) is 31.4 Å². The molecule has 4 rings (SSSR count). The zero-order valence-electron chi connectivity index (χ0n) is 25.1. The maximum absolute atomic E-state index is 13.3. The predicted molar refractivity (Wildman–Crippen MR) is 160 cm³/mol. The molecule has 1 aromatic heterocycles. The van der Waals surface area contributed by atoms with Crippen LogP contribution in [0.25, 0.3) is 16.8 Å². The molecule has 6 atom stereocenters. The van der Waals surface area contributed by atoms with Crippen LogP contribution in [0.5, 0.6) is 0 Å². The van der Waals surface area contributed by atoms with Crippen molar-refractivity contribution in [3.8, 4) is 0 Å². The number of fused-ring (bicyclic) bond motifs is 4. The monoisotopic (exact) mass is 578 g/mol. The zero-order valence-corrected chi connectivity index (χ0v) is 25.1. The lowest BCUT2D eigenvalue weighted by molar-refractivity contribution is -0.143. The Kier molecular flexibility index (Phi) is 9.95. The molecule has 2 aliphatic heterocycles. The van der Waals surface area contributed by atoms with Crippen molar-refractivity contribution in [3.63, 3.8) is 0 Å². The SMILES string of the molecule is COC1C=Cc2cc3cc(ccc3cn2)C(C)NC(=O)C2CCCN(N2)C(=O)C(C)NC(=O)C(C(C)C)NC(=O)C1C. The molecule has 2 aromatic rings. The summed E-state index contributed by atoms with van der Waals surface area (Å²) in [6.45, 7) is 9.32. The molecular formula is C31H42N6O5. The van der Waals surface area contributed by atoms with Gasteiger partial charge in [-0.15, -0.1) is 0 Å². The number of amides is 4. The Labute approximate surface area is 246 Å². The zero-order chi connectivity index (χ0) is 30.6. The average Bonchev–Trinajstić information content (AvgIpc) is 2.98. The number of hydrazine groups is 1. The quantitative estimate of drug-likeness (QED) is 0.428. The lowest BCUT2D eigenvalue weighted by Gasteiger charge is -2.35. The molecule has 42 heavy (non-hydrogen) atoms. The van der Waals surface area contributed by atoms with Crippen molar-refractivity contribution in [2.24, 2.45) is 11.8 Å². The van der Waals surface area contributed by atoms with Crippen molar-refractivity contribution in [2.75, 3.05) is 13.7 Å². The minimum absolute atomic E-state index is 0.209. The standard InChI is InChI=1S/C31H42N6O5/c1-17(2)27-30(40)34-20(5)31(41)37-13-7-8-25(36-37)29(39)33-19(4)21-9-10-22-16-32-24(15-23(22)14-21)11-12-26(42-6)18(3)28(38)35-27/h9-12,14-20,25-27,36H,7-8,13H2,1-6H3,(H,33,39)(H,34,40)(H,35,38). The van der Waals surface area contributed by atoms with Gasteiger partial charge in [-0.05, 0) is 61.8 Å². The summed E-state index contributed by atoms with van der Waals surface area (Å²) in [6, 6.07) is 5.30. The van der Waals surface area contributed by atoms with Crippen molar-refractivity contribution >= 4 is 40.5 Å². The molecular weight excluding hydrogens is 536 g/mol. The van der Waals surface area contributed by atoms with E-state index >= 15 is 0 Å². The molecule has 2 aliphatic rings. The number of carbonyl (C=O) groups excluding carboxylic acids is 4. The van der Waals surface area contributed by atoms with Crippen LogP contribution < -0.4 is 21.4 Å². The van der Waals surface area contributed by atoms with E-state index in [0.717, 1.165) is 16.3 Å². The van der Waals surface area contributed by atoms with E-state index in [1.165, 1.54) is 12.1 Å². The van der Waals surface area contributed by atoms with Gasteiger partial charge in [0.15, 0.2) is 0 Å². The second kappa shape index (κ2) is 13.4. The number of methoxy groups -OCH3 is 1. The summed E-state index contributed by atoms with van der Waals surface area (Å²) < 4.78 is 5.61. The van der Waals surface area contributed by atoms with E-state index in [4.69, 9.17) is 4.74 Å². The second-order valence-corrected chi connectivity index (χ2v) is 11.6. The largest absolute Gasteiger partial charge is 0.377 e. The van der Waals surface area contributed by atoms with Gasteiger partial charge in [0.2, 0.25) is 17.7 Å². The molecule has 0 radical (unpaired) electrons. The number of nitrogens with one attached hydrogen (secondary N) is 4. The fourth-order valence-electron chi connectivity index (χ4n) is 5.28. The number of ether oxygens (including phenoxy) is 1. The van der Waals surface area contributed by atoms with Gasteiger partial charge in [-0.3, -0.25) is 29.2 Å². The highest BCUT2D eigenvalue weighted by molar-refractivity contribution is 5.93. The van der Waals surface area contributed by atoms with Gasteiger partial charge in [0.1, 0.15) is 18.1 Å². The van der Waals surface area contributed by atoms with Crippen LogP contribution >= 0.6 is 0 Å². The minimum atomic E-state index is -0.873. The third-order valence-corrected chi connectivity index (χ3v) is 8.01. The molecule has 5 bridgehead atoms. The lowest BCUT2D eigenvalue weighted by atomic mass is 9.98. The van der Waals surface area contributed by atoms with Gasteiger partial charge in [-0.2, -0.15) is 0 Å². The van der Waals surface area contributed by atoms with Crippen LogP contribution in [0.15, 0.2) is 36.5 Å². The maximum atomic E-state index is 13.3. The number of benzene rings is 1. The molecule has 1 saturated heterocycles. The van der Waals surface area contributed by atoms with E-state index < -0.39 is 36.1 Å². The summed E-state index contributed by atoms with van der Waals surface area (Å²) in [6.07, 6.45) is 6.00. The Morgan fingerprint density at radius 2 is 1.67 bits per heavy atom. The second-order valence-electron chi connectivity index (χ2n) is 11.6. The number of nitrogens with zero attached hydrogens (tertiary/aromatic N) is 2. The van der Waals surface area contributed by atoms with Gasteiger partial charge in [0.25, 0.3) is 5.91 Å². The average molecular weight is 579 g/mol. The van der Waals surface area contributed by atoms with Gasteiger partial charge in [-0.25, -0.2) is 5.43 Å². The van der Waals surface area contributed by atoms with Crippen molar-refractivity contribution in [3.05, 3.63) is 47.8 Å².